The summed E-state index contributed by atoms with van der Waals surface area (Å²) in [6, 6.07) is 4.60. The van der Waals surface area contributed by atoms with Crippen LogP contribution in [0.1, 0.15) is 31.1 Å². The van der Waals surface area contributed by atoms with Crippen molar-refractivity contribution >= 4 is 23.0 Å². The number of hydrogen-bond acceptors (Lipinski definition) is 6. The number of carbonyl (C=O) groups excluding carboxylic acids is 1. The molecule has 2 rings (SSSR count). The summed E-state index contributed by atoms with van der Waals surface area (Å²) in [4.78, 5) is 37.0. The highest BCUT2D eigenvalue weighted by molar-refractivity contribution is 5.99. The molecule has 0 aliphatic heterocycles. The van der Waals surface area contributed by atoms with Gasteiger partial charge in [-0.25, -0.2) is 0 Å². The third kappa shape index (κ3) is 3.24. The van der Waals surface area contributed by atoms with E-state index in [0.29, 0.717) is 0 Å². The summed E-state index contributed by atoms with van der Waals surface area (Å²) in [7, 11) is 3.15. The minimum absolute atomic E-state index is 0.0830. The fourth-order valence-corrected chi connectivity index (χ4v) is 2.20. The maximum Gasteiger partial charge on any atom is 0.257 e. The Morgan fingerprint density at radius 3 is 2.21 bits per heavy atom. The smallest absolute Gasteiger partial charge is 0.257 e. The van der Waals surface area contributed by atoms with Crippen molar-refractivity contribution in [2.45, 2.75) is 26.3 Å². The lowest BCUT2D eigenvalue weighted by Gasteiger charge is -2.25. The molecule has 1 amide bonds. The van der Waals surface area contributed by atoms with Gasteiger partial charge in [0, 0.05) is 19.6 Å². The van der Waals surface area contributed by atoms with Crippen molar-refractivity contribution in [3.63, 3.8) is 0 Å². The van der Waals surface area contributed by atoms with Gasteiger partial charge in [-0.05, 0) is 32.9 Å². The molecule has 0 bridgehead atoms. The Morgan fingerprint density at radius 2 is 1.67 bits per heavy atom. The molecule has 0 atom stereocenters. The van der Waals surface area contributed by atoms with E-state index in [4.69, 9.17) is 0 Å². The monoisotopic (exact) mass is 331 g/mol. The molecule has 0 heterocycles. The third-order valence-corrected chi connectivity index (χ3v) is 3.34. The molecule has 0 aliphatic rings. The van der Waals surface area contributed by atoms with E-state index in [9.17, 15) is 19.5 Å². The summed E-state index contributed by atoms with van der Waals surface area (Å²) < 4.78 is 0. The fourth-order valence-electron chi connectivity index (χ4n) is 2.20. The second-order valence-corrected chi connectivity index (χ2v) is 6.81. The van der Waals surface area contributed by atoms with Gasteiger partial charge >= 0.3 is 0 Å². The maximum atomic E-state index is 12.0. The van der Waals surface area contributed by atoms with Gasteiger partial charge in [-0.1, -0.05) is 6.07 Å². The van der Waals surface area contributed by atoms with Crippen LogP contribution in [0.25, 0.3) is 0 Å². The molecule has 3 N–H and O–H groups in total. The maximum absolute atomic E-state index is 12.0. The molecule has 7 nitrogen and oxygen atoms in total. The number of carbonyl (C=O) groups is 1. The Bertz CT molecular complexity index is 856. The molecular formula is C17H21N3O4. The number of phenols is 1. The molecule has 24 heavy (non-hydrogen) atoms. The van der Waals surface area contributed by atoms with E-state index in [1.807, 2.05) is 20.8 Å². The van der Waals surface area contributed by atoms with Crippen LogP contribution in [-0.4, -0.2) is 35.5 Å². The highest BCUT2D eigenvalue weighted by atomic mass is 16.3. The number of aromatic hydroxyl groups is 1. The molecular weight excluding hydrogens is 310 g/mol. The summed E-state index contributed by atoms with van der Waals surface area (Å²) in [5.74, 6) is -0.639. The molecule has 0 saturated carbocycles. The van der Waals surface area contributed by atoms with Crippen molar-refractivity contribution in [1.29, 1.82) is 0 Å². The van der Waals surface area contributed by atoms with Crippen LogP contribution in [0.5, 0.6) is 5.75 Å². The van der Waals surface area contributed by atoms with Crippen molar-refractivity contribution in [3.05, 3.63) is 44.2 Å². The number of phenolic OH excluding ortho intramolecular Hbond substituents is 1. The lowest BCUT2D eigenvalue weighted by Crippen LogP contribution is -2.41. The molecule has 7 heteroatoms. The average molecular weight is 331 g/mol. The van der Waals surface area contributed by atoms with Gasteiger partial charge in [-0.3, -0.25) is 14.4 Å². The normalized spacial score (nSPS) is 11.4. The van der Waals surface area contributed by atoms with Gasteiger partial charge in [-0.15, -0.1) is 0 Å². The molecule has 0 unspecified atom stereocenters. The van der Waals surface area contributed by atoms with Gasteiger partial charge in [-0.2, -0.15) is 0 Å². The first-order valence-electron chi connectivity index (χ1n) is 7.45. The summed E-state index contributed by atoms with van der Waals surface area (Å²) in [6.07, 6.45) is 0. The molecule has 0 spiro atoms. The number of anilines is 3. The second kappa shape index (κ2) is 5.99. The molecule has 0 aliphatic carbocycles. The third-order valence-electron chi connectivity index (χ3n) is 3.34. The van der Waals surface area contributed by atoms with Crippen molar-refractivity contribution in [3.8, 4) is 5.75 Å². The van der Waals surface area contributed by atoms with Crippen LogP contribution < -0.4 is 21.5 Å². The first-order chi connectivity index (χ1) is 11.0. The van der Waals surface area contributed by atoms with Gasteiger partial charge in [0.15, 0.2) is 5.75 Å². The lowest BCUT2D eigenvalue weighted by molar-refractivity contribution is 0.0824. The average Bonchev–Trinajstić information content (AvgIpc) is 2.50. The van der Waals surface area contributed by atoms with Gasteiger partial charge in [0.2, 0.25) is 0 Å². The number of nitrogens with one attached hydrogen (secondary N) is 2. The molecule has 2 aromatic rings. The Balaban J connectivity index is 2.39. The zero-order valence-corrected chi connectivity index (χ0v) is 14.4. The number of hydrogen-bond donors (Lipinski definition) is 3. The van der Waals surface area contributed by atoms with Crippen molar-refractivity contribution in [2.24, 2.45) is 0 Å². The topological polar surface area (TPSA) is 98.7 Å². The molecule has 0 radical (unpaired) electrons. The van der Waals surface area contributed by atoms with Gasteiger partial charge in [0.25, 0.3) is 16.8 Å². The Kier molecular flexibility index (Phi) is 4.38. The van der Waals surface area contributed by atoms with E-state index in [0.717, 1.165) is 0 Å². The van der Waals surface area contributed by atoms with E-state index in [1.165, 1.54) is 17.0 Å². The quantitative estimate of drug-likeness (QED) is 0.582. The van der Waals surface area contributed by atoms with Gasteiger partial charge < -0.3 is 20.6 Å². The predicted molar refractivity (Wildman–Crippen MR) is 94.1 cm³/mol. The molecule has 2 aromatic carbocycles. The van der Waals surface area contributed by atoms with Crippen LogP contribution in [-0.2, 0) is 0 Å². The molecule has 0 aromatic heterocycles. The molecule has 128 valence electrons. The SMILES string of the molecule is CN(C)C(=O)c1cccc(Nc2c(NC(C)(C)C)c(=O)c2=O)c1O. The number of rotatable bonds is 4. The minimum Gasteiger partial charge on any atom is -0.505 e. The number of nitrogens with zero attached hydrogens (tertiary/aromatic N) is 1. The van der Waals surface area contributed by atoms with Crippen LogP contribution in [0, 0.1) is 0 Å². The first-order valence-corrected chi connectivity index (χ1v) is 7.45. The fraction of sp³-hybridized carbons (Fsp3) is 0.353. The summed E-state index contributed by atoms with van der Waals surface area (Å²) in [6.45, 7) is 5.59. The van der Waals surface area contributed by atoms with Crippen molar-refractivity contribution < 1.29 is 9.90 Å². The Morgan fingerprint density at radius 1 is 1.08 bits per heavy atom. The molecule has 0 fully saturated rings. The summed E-state index contributed by atoms with van der Waals surface area (Å²) in [5.41, 5.74) is -1.11. The lowest BCUT2D eigenvalue weighted by atomic mass is 10.1. The Labute approximate surface area is 139 Å². The van der Waals surface area contributed by atoms with E-state index >= 15 is 0 Å². The van der Waals surface area contributed by atoms with Crippen molar-refractivity contribution in [1.82, 2.24) is 4.90 Å². The highest BCUT2D eigenvalue weighted by Gasteiger charge is 2.26. The van der Waals surface area contributed by atoms with Gasteiger partial charge in [0.05, 0.1) is 11.3 Å². The van der Waals surface area contributed by atoms with Crippen LogP contribution in [0.2, 0.25) is 0 Å². The van der Waals surface area contributed by atoms with E-state index in [1.54, 1.807) is 20.2 Å². The van der Waals surface area contributed by atoms with E-state index in [2.05, 4.69) is 10.6 Å². The molecule has 0 saturated heterocycles. The predicted octanol–water partition coefficient (Wildman–Crippen LogP) is 1.64. The van der Waals surface area contributed by atoms with Crippen molar-refractivity contribution in [2.75, 3.05) is 24.7 Å². The zero-order valence-electron chi connectivity index (χ0n) is 14.4. The van der Waals surface area contributed by atoms with E-state index < -0.39 is 16.4 Å². The number of benzene rings is 1. The van der Waals surface area contributed by atoms with Gasteiger partial charge in [0.1, 0.15) is 11.4 Å². The first kappa shape index (κ1) is 17.5. The highest BCUT2D eigenvalue weighted by Crippen LogP contribution is 2.32. The minimum atomic E-state index is -0.662. The zero-order chi connectivity index (χ0) is 18.2. The number of para-hydroxylation sites is 1. The Hall–Kier alpha value is -2.83. The number of amides is 1. The van der Waals surface area contributed by atoms with Crippen LogP contribution in [0.4, 0.5) is 17.1 Å². The van der Waals surface area contributed by atoms with Crippen LogP contribution in [0.15, 0.2) is 27.8 Å². The second-order valence-electron chi connectivity index (χ2n) is 6.81. The van der Waals surface area contributed by atoms with Crippen LogP contribution >= 0.6 is 0 Å². The summed E-state index contributed by atoms with van der Waals surface area (Å²) in [5, 5.41) is 16.0. The van der Waals surface area contributed by atoms with Crippen LogP contribution in [0.3, 0.4) is 0 Å². The van der Waals surface area contributed by atoms with E-state index in [-0.39, 0.29) is 34.3 Å². The standard InChI is InChI=1S/C17H21N3O4/c1-17(2,3)19-12-11(14(22)15(12)23)18-10-8-6-7-9(13(10)21)16(24)20(4)5/h6-8,18-19,21H,1-5H3. The summed E-state index contributed by atoms with van der Waals surface area (Å²) >= 11 is 0. The largest absolute Gasteiger partial charge is 0.505 e.